The van der Waals surface area contributed by atoms with Gasteiger partial charge in [0.05, 0.1) is 6.07 Å². The van der Waals surface area contributed by atoms with Crippen molar-refractivity contribution in [3.8, 4) is 6.07 Å². The van der Waals surface area contributed by atoms with Crippen molar-refractivity contribution in [3.63, 3.8) is 0 Å². The number of halogens is 3. The lowest BCUT2D eigenvalue weighted by atomic mass is 9.81. The predicted octanol–water partition coefficient (Wildman–Crippen LogP) is 1.96. The molecule has 4 amide bonds. The van der Waals surface area contributed by atoms with Crippen molar-refractivity contribution >= 4 is 33.7 Å². The summed E-state index contributed by atoms with van der Waals surface area (Å²) in [6.07, 6.45) is 1.58. The van der Waals surface area contributed by atoms with Gasteiger partial charge in [0.15, 0.2) is 0 Å². The van der Waals surface area contributed by atoms with Crippen LogP contribution in [-0.2, 0) is 19.2 Å². The number of carbonyl (C=O) groups is 4. The Balaban J connectivity index is 3.07. The molecule has 9 nitrogen and oxygen atoms in total. The predicted molar refractivity (Wildman–Crippen MR) is 137 cm³/mol. The van der Waals surface area contributed by atoms with E-state index in [1.54, 1.807) is 5.32 Å². The first-order chi connectivity index (χ1) is 16.5. The molecule has 0 spiro atoms. The zero-order valence-corrected chi connectivity index (χ0v) is 23.6. The van der Waals surface area contributed by atoms with Crippen LogP contribution < -0.4 is 21.3 Å². The molecule has 0 aliphatic carbocycles. The number of rotatable bonds is 9. The van der Waals surface area contributed by atoms with Gasteiger partial charge in [0.25, 0.3) is 0 Å². The topological polar surface area (TPSA) is 140 Å². The van der Waals surface area contributed by atoms with Crippen LogP contribution in [0.5, 0.6) is 0 Å². The number of nitriles is 1. The maximum Gasteiger partial charge on any atom is 0.471 e. The Morgan fingerprint density at radius 3 is 2.11 bits per heavy atom. The molecule has 1 saturated heterocycles. The van der Waals surface area contributed by atoms with E-state index >= 15 is 0 Å². The van der Waals surface area contributed by atoms with Crippen molar-refractivity contribution < 1.29 is 32.3 Å². The molecule has 1 aliphatic rings. The Morgan fingerprint density at radius 1 is 1.11 bits per heavy atom. The summed E-state index contributed by atoms with van der Waals surface area (Å²) in [5, 5.41) is 19.4. The number of nitrogens with one attached hydrogen (secondary N) is 4. The van der Waals surface area contributed by atoms with E-state index in [-0.39, 0.29) is 30.4 Å². The van der Waals surface area contributed by atoms with E-state index in [9.17, 15) is 37.6 Å². The van der Waals surface area contributed by atoms with Gasteiger partial charge < -0.3 is 21.3 Å². The monoisotopic (exact) mass is 551 g/mol. The maximum atomic E-state index is 13.2. The van der Waals surface area contributed by atoms with Gasteiger partial charge in [-0.15, -0.1) is 0 Å². The van der Waals surface area contributed by atoms with Crippen molar-refractivity contribution in [1.29, 1.82) is 5.26 Å². The highest BCUT2D eigenvalue weighted by Crippen LogP contribution is 2.35. The third-order valence-corrected chi connectivity index (χ3v) is 7.09. The van der Waals surface area contributed by atoms with Crippen LogP contribution in [0, 0.1) is 22.7 Å². The quantitative estimate of drug-likeness (QED) is 0.347. The summed E-state index contributed by atoms with van der Waals surface area (Å²) >= 11 is 0. The Morgan fingerprint density at radius 2 is 1.68 bits per heavy atom. The molecule has 1 aliphatic heterocycles. The Bertz CT molecular complexity index is 919. The van der Waals surface area contributed by atoms with Crippen LogP contribution in [0.25, 0.3) is 0 Å². The van der Waals surface area contributed by atoms with Crippen LogP contribution in [0.3, 0.4) is 0 Å². The average Bonchev–Trinajstić information content (AvgIpc) is 2.66. The van der Waals surface area contributed by atoms with Crippen LogP contribution >= 0.6 is 10.0 Å². The Kier molecular flexibility index (Phi) is 10.5. The summed E-state index contributed by atoms with van der Waals surface area (Å²) in [5.74, 6) is -3.93. The minimum absolute atomic E-state index is 0.139. The van der Waals surface area contributed by atoms with Crippen molar-refractivity contribution in [2.75, 3.05) is 24.5 Å². The first-order valence-corrected chi connectivity index (χ1v) is 14.9. The van der Waals surface area contributed by atoms with Crippen LogP contribution in [0.2, 0.25) is 0 Å². The summed E-state index contributed by atoms with van der Waals surface area (Å²) in [7, 11) is -1.39. The standard InChI is InChI=1S/C24H40F3N5O4S/c1-22(2,3)18(31-21(36)24(25,26)27)20(35)30-16(13-37(6,7)8)19(34)29-15(12-28)9-14-10-17(33)32-23(4,5)11-14/h14-16,18H,9-11,13H2,1-8H3,(H,29,34)(H,30,35)(H,31,36)(H,32,33)/t14-,15-,16-,18+/m0/s1. The molecule has 1 rings (SSSR count). The molecule has 4 atom stereocenters. The molecule has 0 unspecified atom stereocenters. The Labute approximate surface area is 218 Å². The number of piperidine rings is 1. The molecule has 0 bridgehead atoms. The highest BCUT2D eigenvalue weighted by molar-refractivity contribution is 8.32. The summed E-state index contributed by atoms with van der Waals surface area (Å²) in [4.78, 5) is 49.8. The molecule has 1 heterocycles. The number of hydrogen-bond acceptors (Lipinski definition) is 5. The first kappa shape index (κ1) is 32.5. The summed E-state index contributed by atoms with van der Waals surface area (Å²) in [6, 6.07) is -1.61. The fourth-order valence-corrected chi connectivity index (χ4v) is 5.51. The number of carbonyl (C=O) groups excluding carboxylic acids is 4. The van der Waals surface area contributed by atoms with Crippen LogP contribution in [0.15, 0.2) is 0 Å². The lowest BCUT2D eigenvalue weighted by Gasteiger charge is -2.37. The molecule has 13 heteroatoms. The minimum atomic E-state index is -5.18. The molecule has 0 aromatic rings. The SMILES string of the molecule is CC1(C)C[C@@H](C[C@@H](C#N)NC(=O)[C@H](CS(C)(C)C)NC(=O)[C@@H](NC(=O)C(F)(F)F)C(C)(C)C)CC(=O)N1. The highest BCUT2D eigenvalue weighted by atomic mass is 32.3. The van der Waals surface area contributed by atoms with E-state index in [0.717, 1.165) is 0 Å². The van der Waals surface area contributed by atoms with Crippen LogP contribution in [0.4, 0.5) is 13.2 Å². The second-order valence-corrected chi connectivity index (χ2v) is 16.7. The van der Waals surface area contributed by atoms with E-state index in [0.29, 0.717) is 6.42 Å². The van der Waals surface area contributed by atoms with Crippen LogP contribution in [-0.4, -0.2) is 78.0 Å². The molecule has 0 aromatic heterocycles. The fourth-order valence-electron chi connectivity index (χ4n) is 4.28. The normalized spacial score (nSPS) is 20.9. The minimum Gasteiger partial charge on any atom is -0.351 e. The molecular formula is C24H40F3N5O4S. The Hall–Kier alpha value is -2.49. The van der Waals surface area contributed by atoms with E-state index in [2.05, 4.69) is 16.0 Å². The summed E-state index contributed by atoms with van der Waals surface area (Å²) in [5.41, 5.74) is -1.54. The van der Waals surface area contributed by atoms with Gasteiger partial charge in [-0.3, -0.25) is 19.2 Å². The van der Waals surface area contributed by atoms with Crippen molar-refractivity contribution in [2.45, 2.75) is 83.7 Å². The molecule has 0 radical (unpaired) electrons. The highest BCUT2D eigenvalue weighted by Gasteiger charge is 2.44. The summed E-state index contributed by atoms with van der Waals surface area (Å²) < 4.78 is 38.6. The van der Waals surface area contributed by atoms with Gasteiger partial charge in [0.1, 0.15) is 18.1 Å². The van der Waals surface area contributed by atoms with E-state index in [4.69, 9.17) is 0 Å². The number of amides is 4. The molecular weight excluding hydrogens is 511 g/mol. The molecule has 0 saturated carbocycles. The van der Waals surface area contributed by atoms with Gasteiger partial charge in [-0.25, -0.2) is 10.0 Å². The molecule has 37 heavy (non-hydrogen) atoms. The van der Waals surface area contributed by atoms with Crippen molar-refractivity contribution in [1.82, 2.24) is 21.3 Å². The lowest BCUT2D eigenvalue weighted by Crippen LogP contribution is -2.60. The van der Waals surface area contributed by atoms with Gasteiger partial charge in [0, 0.05) is 17.7 Å². The smallest absolute Gasteiger partial charge is 0.351 e. The zero-order valence-electron chi connectivity index (χ0n) is 22.8. The zero-order chi connectivity index (χ0) is 29.0. The molecule has 0 aromatic carbocycles. The van der Waals surface area contributed by atoms with E-state index in [1.807, 2.05) is 38.7 Å². The number of alkyl halides is 3. The van der Waals surface area contributed by atoms with E-state index in [1.165, 1.54) is 20.8 Å². The lowest BCUT2D eigenvalue weighted by molar-refractivity contribution is -0.175. The number of hydrogen-bond donors (Lipinski definition) is 4. The second-order valence-electron chi connectivity index (χ2n) is 12.2. The fraction of sp³-hybridized carbons (Fsp3) is 0.792. The van der Waals surface area contributed by atoms with Gasteiger partial charge in [-0.1, -0.05) is 20.8 Å². The van der Waals surface area contributed by atoms with Crippen molar-refractivity contribution in [2.24, 2.45) is 11.3 Å². The first-order valence-electron chi connectivity index (χ1n) is 11.9. The number of nitrogens with zero attached hydrogens (tertiary/aromatic N) is 1. The van der Waals surface area contributed by atoms with Crippen LogP contribution in [0.1, 0.15) is 53.9 Å². The van der Waals surface area contributed by atoms with Gasteiger partial charge >= 0.3 is 12.1 Å². The summed E-state index contributed by atoms with van der Waals surface area (Å²) in [6.45, 7) is 8.22. The van der Waals surface area contributed by atoms with Gasteiger partial charge in [-0.2, -0.15) is 18.4 Å². The largest absolute Gasteiger partial charge is 0.471 e. The maximum absolute atomic E-state index is 13.2. The molecule has 212 valence electrons. The second kappa shape index (κ2) is 11.9. The van der Waals surface area contributed by atoms with Gasteiger partial charge in [0.2, 0.25) is 17.7 Å². The molecule has 1 fully saturated rings. The molecule has 4 N–H and O–H groups in total. The van der Waals surface area contributed by atoms with Gasteiger partial charge in [-0.05, 0) is 56.8 Å². The van der Waals surface area contributed by atoms with E-state index < -0.39 is 63.0 Å². The third-order valence-electron chi connectivity index (χ3n) is 5.75. The van der Waals surface area contributed by atoms with Crippen molar-refractivity contribution in [3.05, 3.63) is 0 Å². The average molecular weight is 552 g/mol. The third kappa shape index (κ3) is 11.2.